The molecule has 0 aromatic heterocycles. The minimum Gasteiger partial charge on any atom is -0.0581 e. The van der Waals surface area contributed by atoms with Crippen molar-refractivity contribution in [1.29, 1.82) is 0 Å². The van der Waals surface area contributed by atoms with Gasteiger partial charge in [0.2, 0.25) is 0 Å². The van der Waals surface area contributed by atoms with Gasteiger partial charge in [-0.25, -0.2) is 0 Å². The summed E-state index contributed by atoms with van der Waals surface area (Å²) in [6.45, 7) is 8.73. The standard InChI is InChI=1S/C14H16/c1-9-7-11(3)13-6-5-10(2)14(13)12(4)8-9/h5-8H,1-4H3/i10+1,13+1. The number of aryl methyl sites for hydroxylation is 4. The number of rotatable bonds is 0. The highest BCUT2D eigenvalue weighted by Crippen LogP contribution is 2.32. The second-order valence-electron chi connectivity index (χ2n) is 4.20. The maximum absolute atomic E-state index is 2.27. The molecule has 2 aliphatic carbocycles. The van der Waals surface area contributed by atoms with Gasteiger partial charge in [-0.3, -0.25) is 0 Å². The maximum Gasteiger partial charge on any atom is -0.0123 e. The Kier molecular flexibility index (Phi) is 2.07. The Hall–Kier alpha value is -1.30. The van der Waals surface area contributed by atoms with Gasteiger partial charge in [0.05, 0.1) is 0 Å². The molecule has 0 bridgehead atoms. The predicted molar refractivity (Wildman–Crippen MR) is 62.0 cm³/mol. The Balaban J connectivity index is 2.88. The van der Waals surface area contributed by atoms with Gasteiger partial charge >= 0.3 is 0 Å². The van der Waals surface area contributed by atoms with Crippen LogP contribution < -0.4 is 0 Å². The lowest BCUT2D eigenvalue weighted by Gasteiger charge is -2.01. The van der Waals surface area contributed by atoms with E-state index in [9.17, 15) is 0 Å². The van der Waals surface area contributed by atoms with E-state index in [-0.39, 0.29) is 0 Å². The van der Waals surface area contributed by atoms with E-state index in [4.69, 9.17) is 0 Å². The lowest BCUT2D eigenvalue weighted by atomic mass is 10.2. The summed E-state index contributed by atoms with van der Waals surface area (Å²) in [7, 11) is 0. The molecule has 0 saturated carbocycles. The van der Waals surface area contributed by atoms with E-state index in [1.165, 1.54) is 33.4 Å². The average Bonchev–Trinajstić information content (AvgIpc) is 2.41. The van der Waals surface area contributed by atoms with Crippen LogP contribution in [0.2, 0.25) is 0 Å². The average molecular weight is 186 g/mol. The van der Waals surface area contributed by atoms with Gasteiger partial charge in [0.1, 0.15) is 0 Å². The summed E-state index contributed by atoms with van der Waals surface area (Å²) in [6.07, 6.45) is 0. The SMILES string of the molecule is Cc1cc(C)c2[13c](C)cc[13c]-2c(C)c1. The van der Waals surface area contributed by atoms with E-state index in [1.807, 2.05) is 0 Å². The fourth-order valence-electron chi connectivity index (χ4n) is 2.31. The highest BCUT2D eigenvalue weighted by atomic mass is 14.5. The van der Waals surface area contributed by atoms with E-state index in [1.54, 1.807) is 0 Å². The Morgan fingerprint density at radius 2 is 1.36 bits per heavy atom. The van der Waals surface area contributed by atoms with Crippen molar-refractivity contribution >= 4 is 0 Å². The van der Waals surface area contributed by atoms with Crippen molar-refractivity contribution in [3.8, 4) is 11.1 Å². The van der Waals surface area contributed by atoms with Gasteiger partial charge in [0.25, 0.3) is 0 Å². The van der Waals surface area contributed by atoms with Crippen molar-refractivity contribution in [3.63, 3.8) is 0 Å². The minimum atomic E-state index is 1.34. The Morgan fingerprint density at radius 3 is 2.07 bits per heavy atom. The van der Waals surface area contributed by atoms with Gasteiger partial charge in [0.15, 0.2) is 0 Å². The van der Waals surface area contributed by atoms with Crippen molar-refractivity contribution in [2.45, 2.75) is 27.7 Å². The normalized spacial score (nSPS) is 10.9. The first kappa shape index (κ1) is 9.26. The Labute approximate surface area is 85.9 Å². The molecule has 0 amide bonds. The zero-order valence-electron chi connectivity index (χ0n) is 9.31. The van der Waals surface area contributed by atoms with Crippen LogP contribution in [0.5, 0.6) is 0 Å². The summed E-state index contributed by atoms with van der Waals surface area (Å²) in [5.74, 6) is 0. The van der Waals surface area contributed by atoms with Crippen LogP contribution in [0.25, 0.3) is 11.1 Å². The van der Waals surface area contributed by atoms with Crippen molar-refractivity contribution in [3.05, 3.63) is 46.5 Å². The van der Waals surface area contributed by atoms with Crippen LogP contribution in [0.3, 0.4) is 0 Å². The Morgan fingerprint density at radius 1 is 0.714 bits per heavy atom. The van der Waals surface area contributed by atoms with Crippen LogP contribution in [0.4, 0.5) is 0 Å². The lowest BCUT2D eigenvalue weighted by molar-refractivity contribution is 1.41. The summed E-state index contributed by atoms with van der Waals surface area (Å²) in [4.78, 5) is 0. The number of hydrogen-bond donors (Lipinski definition) is 0. The van der Waals surface area contributed by atoms with E-state index >= 15 is 0 Å². The quantitative estimate of drug-likeness (QED) is 0.582. The largest absolute Gasteiger partial charge is 0.0581 e. The summed E-state index contributed by atoms with van der Waals surface area (Å²) >= 11 is 0. The zero-order chi connectivity index (χ0) is 10.3. The first-order chi connectivity index (χ1) is 6.59. The summed E-state index contributed by atoms with van der Waals surface area (Å²) in [5, 5.41) is 0. The van der Waals surface area contributed by atoms with E-state index in [0.717, 1.165) is 0 Å². The van der Waals surface area contributed by atoms with Crippen LogP contribution in [0.1, 0.15) is 22.3 Å². The zero-order valence-corrected chi connectivity index (χ0v) is 9.31. The van der Waals surface area contributed by atoms with Crippen LogP contribution in [-0.4, -0.2) is 0 Å². The maximum atomic E-state index is 2.27. The number of hydrogen-bond acceptors (Lipinski definition) is 0. The molecule has 0 heterocycles. The topological polar surface area (TPSA) is 0 Å². The molecular weight excluding hydrogens is 170 g/mol. The molecule has 72 valence electrons. The predicted octanol–water partition coefficient (Wildman–Crippen LogP) is 4.03. The molecule has 0 N–H and O–H groups in total. The van der Waals surface area contributed by atoms with Crippen LogP contribution >= 0.6 is 0 Å². The number of fused-ring (bicyclic) bond motifs is 1. The molecule has 0 radical (unpaired) electrons. The van der Waals surface area contributed by atoms with Gasteiger partial charge in [-0.15, -0.1) is 0 Å². The third-order valence-electron chi connectivity index (χ3n) is 2.87. The molecule has 0 nitrogen and oxygen atoms in total. The second-order valence-corrected chi connectivity index (χ2v) is 4.20. The molecule has 14 heavy (non-hydrogen) atoms. The molecule has 0 atom stereocenters. The fraction of sp³-hybridized carbons (Fsp3) is 0.286. The summed E-state index contributed by atoms with van der Waals surface area (Å²) in [6, 6.07) is 8.96. The van der Waals surface area contributed by atoms with Crippen molar-refractivity contribution in [2.24, 2.45) is 0 Å². The summed E-state index contributed by atoms with van der Waals surface area (Å²) < 4.78 is 0. The van der Waals surface area contributed by atoms with Gasteiger partial charge in [-0.05, 0) is 55.5 Å². The van der Waals surface area contributed by atoms with Crippen molar-refractivity contribution in [1.82, 2.24) is 0 Å². The molecule has 0 spiro atoms. The van der Waals surface area contributed by atoms with Crippen molar-refractivity contribution in [2.75, 3.05) is 0 Å². The third-order valence-corrected chi connectivity index (χ3v) is 2.87. The molecule has 0 saturated heterocycles. The van der Waals surface area contributed by atoms with Gasteiger partial charge < -0.3 is 0 Å². The van der Waals surface area contributed by atoms with Gasteiger partial charge in [0, 0.05) is 0 Å². The lowest BCUT2D eigenvalue weighted by Crippen LogP contribution is -1.79. The monoisotopic (exact) mass is 186 g/mol. The smallest absolute Gasteiger partial charge is 0.0123 e. The van der Waals surface area contributed by atoms with Crippen LogP contribution in [-0.2, 0) is 0 Å². The van der Waals surface area contributed by atoms with Crippen molar-refractivity contribution < 1.29 is 0 Å². The molecule has 0 aliphatic heterocycles. The minimum absolute atomic E-state index is 1.34. The first-order valence-electron chi connectivity index (χ1n) is 5.07. The molecule has 0 aromatic rings. The van der Waals surface area contributed by atoms with E-state index < -0.39 is 0 Å². The molecule has 2 aliphatic rings. The van der Waals surface area contributed by atoms with Crippen LogP contribution in [0.15, 0.2) is 24.3 Å². The molecular formula is C14H16. The highest BCUT2D eigenvalue weighted by Gasteiger charge is 2.10. The molecule has 0 heteroatoms. The van der Waals surface area contributed by atoms with Gasteiger partial charge in [-0.1, -0.05) is 29.8 Å². The molecule has 0 aromatic carbocycles. The van der Waals surface area contributed by atoms with E-state index in [2.05, 4.69) is 52.0 Å². The Bertz CT molecular complexity index is 452. The highest BCUT2D eigenvalue weighted by molar-refractivity contribution is 5.76. The third kappa shape index (κ3) is 1.31. The van der Waals surface area contributed by atoms with Crippen LogP contribution in [0, 0.1) is 27.7 Å². The molecule has 2 rings (SSSR count). The first-order valence-corrected chi connectivity index (χ1v) is 5.07. The molecule has 0 fully saturated rings. The molecule has 0 unspecified atom stereocenters. The summed E-state index contributed by atoms with van der Waals surface area (Å²) in [5.41, 5.74) is 8.31. The second kappa shape index (κ2) is 3.13. The fourth-order valence-corrected chi connectivity index (χ4v) is 2.31. The van der Waals surface area contributed by atoms with Gasteiger partial charge in [-0.2, -0.15) is 0 Å². The van der Waals surface area contributed by atoms with E-state index in [0.29, 0.717) is 0 Å².